The van der Waals surface area contributed by atoms with Crippen molar-refractivity contribution >= 4 is 34.8 Å². The molecular weight excluding hydrogens is 404 g/mol. The Morgan fingerprint density at radius 1 is 1.07 bits per heavy atom. The number of carbonyl (C=O) groups is 2. The van der Waals surface area contributed by atoms with E-state index in [-0.39, 0.29) is 25.0 Å². The van der Waals surface area contributed by atoms with Crippen molar-refractivity contribution in [3.05, 3.63) is 83.4 Å². The van der Waals surface area contributed by atoms with Crippen molar-refractivity contribution in [1.82, 2.24) is 0 Å². The molecule has 6 nitrogen and oxygen atoms in total. The Morgan fingerprint density at radius 2 is 1.90 bits per heavy atom. The maximum absolute atomic E-state index is 12.5. The van der Waals surface area contributed by atoms with Gasteiger partial charge in [0.05, 0.1) is 12.2 Å². The van der Waals surface area contributed by atoms with Crippen LogP contribution in [-0.4, -0.2) is 25.0 Å². The third-order valence-electron chi connectivity index (χ3n) is 4.53. The molecule has 0 saturated carbocycles. The van der Waals surface area contributed by atoms with E-state index < -0.39 is 0 Å². The number of rotatable bonds is 6. The van der Waals surface area contributed by atoms with Crippen LogP contribution >= 0.6 is 11.6 Å². The van der Waals surface area contributed by atoms with Gasteiger partial charge in [-0.05, 0) is 48.0 Å². The number of ether oxygens (including phenoxy) is 2. The lowest BCUT2D eigenvalue weighted by molar-refractivity contribution is -0.121. The number of amides is 2. The molecule has 30 heavy (non-hydrogen) atoms. The van der Waals surface area contributed by atoms with Gasteiger partial charge in [0.1, 0.15) is 11.5 Å². The molecule has 1 aliphatic rings. The zero-order valence-electron chi connectivity index (χ0n) is 16.0. The predicted molar refractivity (Wildman–Crippen MR) is 115 cm³/mol. The van der Waals surface area contributed by atoms with E-state index in [4.69, 9.17) is 21.1 Å². The van der Waals surface area contributed by atoms with E-state index in [0.717, 1.165) is 5.56 Å². The molecule has 0 saturated heterocycles. The van der Waals surface area contributed by atoms with Gasteiger partial charge in [-0.2, -0.15) is 0 Å². The van der Waals surface area contributed by atoms with Crippen LogP contribution in [0.4, 0.5) is 11.4 Å². The van der Waals surface area contributed by atoms with E-state index in [1.165, 1.54) is 0 Å². The second-order valence-electron chi connectivity index (χ2n) is 6.73. The maximum atomic E-state index is 12.5. The first-order chi connectivity index (χ1) is 14.6. The Morgan fingerprint density at radius 3 is 2.70 bits per heavy atom. The fourth-order valence-corrected chi connectivity index (χ4v) is 3.35. The number of nitrogens with zero attached hydrogens (tertiary/aromatic N) is 1. The molecule has 0 unspecified atom stereocenters. The summed E-state index contributed by atoms with van der Waals surface area (Å²) < 4.78 is 11.0. The summed E-state index contributed by atoms with van der Waals surface area (Å²) >= 11 is 6.07. The zero-order chi connectivity index (χ0) is 20.9. The number of fused-ring (bicyclic) bond motifs is 1. The number of hydrogen-bond donors (Lipinski definition) is 1. The molecule has 0 bridgehead atoms. The lowest BCUT2D eigenvalue weighted by Crippen LogP contribution is -2.38. The molecule has 2 amide bonds. The smallest absolute Gasteiger partial charge is 0.265 e. The van der Waals surface area contributed by atoms with Crippen LogP contribution in [0.2, 0.25) is 5.02 Å². The van der Waals surface area contributed by atoms with Crippen molar-refractivity contribution in [2.45, 2.75) is 6.54 Å². The van der Waals surface area contributed by atoms with Gasteiger partial charge in [-0.1, -0.05) is 41.9 Å². The van der Waals surface area contributed by atoms with Gasteiger partial charge < -0.3 is 19.7 Å². The molecule has 0 atom stereocenters. The second-order valence-corrected chi connectivity index (χ2v) is 7.17. The Balaban J connectivity index is 1.48. The maximum Gasteiger partial charge on any atom is 0.265 e. The minimum Gasteiger partial charge on any atom is -0.484 e. The van der Waals surface area contributed by atoms with Crippen molar-refractivity contribution < 1.29 is 19.1 Å². The molecule has 1 aliphatic heterocycles. The van der Waals surface area contributed by atoms with Crippen LogP contribution in [0.15, 0.2) is 72.8 Å². The van der Waals surface area contributed by atoms with Gasteiger partial charge in [-0.3, -0.25) is 9.59 Å². The summed E-state index contributed by atoms with van der Waals surface area (Å²) in [6.07, 6.45) is 0. The highest BCUT2D eigenvalue weighted by Crippen LogP contribution is 2.35. The molecule has 0 radical (unpaired) electrons. The van der Waals surface area contributed by atoms with E-state index in [1.807, 2.05) is 36.4 Å². The standard InChI is InChI=1S/C23H19ClN2O4/c24-17-6-4-5-16(11-17)13-26-20-12-18(9-10-21(20)30-15-23(26)28)25-22(27)14-29-19-7-2-1-3-8-19/h1-12H,13-15H2,(H,25,27). The van der Waals surface area contributed by atoms with Gasteiger partial charge >= 0.3 is 0 Å². The van der Waals surface area contributed by atoms with Gasteiger partial charge in [0.15, 0.2) is 13.2 Å². The van der Waals surface area contributed by atoms with E-state index in [1.54, 1.807) is 41.3 Å². The number of halogens is 1. The summed E-state index contributed by atoms with van der Waals surface area (Å²) in [5, 5.41) is 3.40. The van der Waals surface area contributed by atoms with E-state index in [0.29, 0.717) is 34.4 Å². The van der Waals surface area contributed by atoms with Crippen LogP contribution < -0.4 is 19.7 Å². The van der Waals surface area contributed by atoms with Gasteiger partial charge in [0, 0.05) is 10.7 Å². The Bertz CT molecular complexity index is 1070. The highest BCUT2D eigenvalue weighted by Gasteiger charge is 2.26. The minimum absolute atomic E-state index is 0.0375. The minimum atomic E-state index is -0.303. The number of benzene rings is 3. The highest BCUT2D eigenvalue weighted by molar-refractivity contribution is 6.30. The predicted octanol–water partition coefficient (Wildman–Crippen LogP) is 4.28. The van der Waals surface area contributed by atoms with E-state index >= 15 is 0 Å². The van der Waals surface area contributed by atoms with Gasteiger partial charge in [-0.15, -0.1) is 0 Å². The van der Waals surface area contributed by atoms with Crippen molar-refractivity contribution in [1.29, 1.82) is 0 Å². The first-order valence-corrected chi connectivity index (χ1v) is 9.75. The van der Waals surface area contributed by atoms with Crippen LogP contribution in [0.1, 0.15) is 5.56 Å². The van der Waals surface area contributed by atoms with Crippen LogP contribution in [0.5, 0.6) is 11.5 Å². The second kappa shape index (κ2) is 8.88. The van der Waals surface area contributed by atoms with E-state index in [9.17, 15) is 9.59 Å². The van der Waals surface area contributed by atoms with Crippen molar-refractivity contribution in [2.24, 2.45) is 0 Å². The van der Waals surface area contributed by atoms with Crippen LogP contribution in [0.25, 0.3) is 0 Å². The number of anilines is 2. The molecule has 0 spiro atoms. The topological polar surface area (TPSA) is 67.9 Å². The molecule has 4 rings (SSSR count). The summed E-state index contributed by atoms with van der Waals surface area (Å²) in [5.41, 5.74) is 2.03. The average Bonchev–Trinajstić information content (AvgIpc) is 2.75. The molecule has 3 aromatic rings. The summed E-state index contributed by atoms with van der Waals surface area (Å²) in [4.78, 5) is 26.4. The molecule has 7 heteroatoms. The Kier molecular flexibility index (Phi) is 5.86. The molecule has 0 aliphatic carbocycles. The Hall–Kier alpha value is -3.51. The summed E-state index contributed by atoms with van der Waals surface area (Å²) in [6, 6.07) is 21.6. The van der Waals surface area contributed by atoms with Crippen LogP contribution in [0, 0.1) is 0 Å². The molecule has 1 heterocycles. The van der Waals surface area contributed by atoms with Crippen LogP contribution in [0.3, 0.4) is 0 Å². The van der Waals surface area contributed by atoms with Crippen molar-refractivity contribution in [3.63, 3.8) is 0 Å². The molecular formula is C23H19ClN2O4. The molecule has 0 aromatic heterocycles. The lowest BCUT2D eigenvalue weighted by Gasteiger charge is -2.30. The molecule has 0 fully saturated rings. The first-order valence-electron chi connectivity index (χ1n) is 9.38. The third-order valence-corrected chi connectivity index (χ3v) is 4.76. The van der Waals surface area contributed by atoms with Gasteiger partial charge in [0.2, 0.25) is 0 Å². The van der Waals surface area contributed by atoms with Crippen molar-refractivity contribution in [2.75, 3.05) is 23.4 Å². The summed E-state index contributed by atoms with van der Waals surface area (Å²) in [6.45, 7) is 0.192. The number of hydrogen-bond acceptors (Lipinski definition) is 4. The normalized spacial score (nSPS) is 12.7. The largest absolute Gasteiger partial charge is 0.484 e. The number of carbonyl (C=O) groups excluding carboxylic acids is 2. The number of nitrogens with one attached hydrogen (secondary N) is 1. The summed E-state index contributed by atoms with van der Waals surface area (Å²) in [5.74, 6) is 0.724. The third kappa shape index (κ3) is 4.72. The van der Waals surface area contributed by atoms with Gasteiger partial charge in [0.25, 0.3) is 11.8 Å². The monoisotopic (exact) mass is 422 g/mol. The quantitative estimate of drug-likeness (QED) is 0.643. The zero-order valence-corrected chi connectivity index (χ0v) is 16.8. The SMILES string of the molecule is O=C(COc1ccccc1)Nc1ccc2c(c1)N(Cc1cccc(Cl)c1)C(=O)CO2. The number of para-hydroxylation sites is 1. The molecule has 3 aromatic carbocycles. The van der Waals surface area contributed by atoms with E-state index in [2.05, 4.69) is 5.32 Å². The fraction of sp³-hybridized carbons (Fsp3) is 0.130. The summed E-state index contributed by atoms with van der Waals surface area (Å²) in [7, 11) is 0. The molecule has 1 N–H and O–H groups in total. The first kappa shape index (κ1) is 19.8. The van der Waals surface area contributed by atoms with Gasteiger partial charge in [-0.25, -0.2) is 0 Å². The average molecular weight is 423 g/mol. The molecule has 152 valence electrons. The highest BCUT2D eigenvalue weighted by atomic mass is 35.5. The fourth-order valence-electron chi connectivity index (χ4n) is 3.13. The van der Waals surface area contributed by atoms with Crippen LogP contribution in [-0.2, 0) is 16.1 Å². The Labute approximate surface area is 179 Å². The van der Waals surface area contributed by atoms with Crippen molar-refractivity contribution in [3.8, 4) is 11.5 Å². The lowest BCUT2D eigenvalue weighted by atomic mass is 10.1.